The van der Waals surface area contributed by atoms with Crippen molar-refractivity contribution in [3.05, 3.63) is 60.4 Å². The van der Waals surface area contributed by atoms with Crippen molar-refractivity contribution in [1.29, 1.82) is 5.41 Å². The van der Waals surface area contributed by atoms with E-state index in [1.165, 1.54) is 7.11 Å². The normalized spacial score (nSPS) is 10.6. The number of nitrogens with one attached hydrogen (secondary N) is 1. The largest absolute Gasteiger partial charge is 0.480 e. The molecule has 2 heterocycles. The highest BCUT2D eigenvalue weighted by atomic mass is 16.5. The molecule has 0 saturated heterocycles. The van der Waals surface area contributed by atoms with Crippen molar-refractivity contribution in [1.82, 2.24) is 9.38 Å². The summed E-state index contributed by atoms with van der Waals surface area (Å²) >= 11 is 0. The van der Waals surface area contributed by atoms with E-state index in [-0.39, 0.29) is 5.90 Å². The third kappa shape index (κ3) is 1.87. The van der Waals surface area contributed by atoms with E-state index < -0.39 is 0 Å². The van der Waals surface area contributed by atoms with Gasteiger partial charge in [0, 0.05) is 11.8 Å². The van der Waals surface area contributed by atoms with Gasteiger partial charge in [-0.1, -0.05) is 36.4 Å². The van der Waals surface area contributed by atoms with Crippen LogP contribution >= 0.6 is 0 Å². The Morgan fingerprint density at radius 1 is 1.11 bits per heavy atom. The minimum absolute atomic E-state index is 0.0749. The van der Waals surface area contributed by atoms with Crippen LogP contribution in [0, 0.1) is 5.41 Å². The van der Waals surface area contributed by atoms with Gasteiger partial charge in [0.15, 0.2) is 5.69 Å². The van der Waals surface area contributed by atoms with Crippen LogP contribution < -0.4 is 0 Å². The van der Waals surface area contributed by atoms with Gasteiger partial charge >= 0.3 is 0 Å². The van der Waals surface area contributed by atoms with Crippen molar-refractivity contribution in [3.8, 4) is 11.4 Å². The van der Waals surface area contributed by atoms with Gasteiger partial charge in [0.1, 0.15) is 5.82 Å². The molecule has 0 aliphatic heterocycles. The Hall–Kier alpha value is -2.62. The second-order valence-corrected chi connectivity index (χ2v) is 4.14. The molecule has 0 spiro atoms. The van der Waals surface area contributed by atoms with E-state index >= 15 is 0 Å². The molecule has 1 N–H and O–H groups in total. The minimum Gasteiger partial charge on any atom is -0.480 e. The molecule has 0 fully saturated rings. The summed E-state index contributed by atoms with van der Waals surface area (Å²) < 4.78 is 6.97. The van der Waals surface area contributed by atoms with E-state index in [2.05, 4.69) is 4.98 Å². The Balaban J connectivity index is 2.29. The van der Waals surface area contributed by atoms with Gasteiger partial charge in [-0.3, -0.25) is 9.81 Å². The van der Waals surface area contributed by atoms with Crippen molar-refractivity contribution >= 4 is 11.4 Å². The summed E-state index contributed by atoms with van der Waals surface area (Å²) in [6.45, 7) is 0. The highest BCUT2D eigenvalue weighted by Gasteiger charge is 2.15. The fourth-order valence-electron chi connectivity index (χ4n) is 2.09. The van der Waals surface area contributed by atoms with Crippen molar-refractivity contribution in [2.75, 3.05) is 7.11 Å². The molecule has 94 valence electrons. The number of aromatic nitrogens is 2. The molecule has 19 heavy (non-hydrogen) atoms. The Morgan fingerprint density at radius 2 is 1.84 bits per heavy atom. The molecule has 4 nitrogen and oxygen atoms in total. The van der Waals surface area contributed by atoms with Crippen molar-refractivity contribution < 1.29 is 4.74 Å². The number of nitrogens with zero attached hydrogens (tertiary/aromatic N) is 2. The molecule has 0 saturated carbocycles. The maximum Gasteiger partial charge on any atom is 0.234 e. The van der Waals surface area contributed by atoms with Gasteiger partial charge in [-0.25, -0.2) is 4.98 Å². The van der Waals surface area contributed by atoms with Crippen molar-refractivity contribution in [2.45, 2.75) is 0 Å². The van der Waals surface area contributed by atoms with E-state index in [9.17, 15) is 0 Å². The van der Waals surface area contributed by atoms with E-state index in [4.69, 9.17) is 10.1 Å². The predicted molar refractivity (Wildman–Crippen MR) is 74.5 cm³/mol. The van der Waals surface area contributed by atoms with Gasteiger partial charge in [0.05, 0.1) is 12.6 Å². The zero-order valence-corrected chi connectivity index (χ0v) is 10.5. The molecule has 2 aromatic heterocycles. The van der Waals surface area contributed by atoms with Gasteiger partial charge in [-0.2, -0.15) is 0 Å². The summed E-state index contributed by atoms with van der Waals surface area (Å²) in [6, 6.07) is 15.7. The molecule has 0 amide bonds. The van der Waals surface area contributed by atoms with E-state index in [1.54, 1.807) is 0 Å². The lowest BCUT2D eigenvalue weighted by Gasteiger charge is -2.00. The van der Waals surface area contributed by atoms with E-state index in [0.717, 1.165) is 16.9 Å². The van der Waals surface area contributed by atoms with Gasteiger partial charge in [-0.05, 0) is 12.1 Å². The van der Waals surface area contributed by atoms with Crippen LogP contribution in [0.1, 0.15) is 5.69 Å². The number of rotatable bonds is 2. The summed E-state index contributed by atoms with van der Waals surface area (Å²) in [5.74, 6) is 0.888. The van der Waals surface area contributed by atoms with Crippen LogP contribution in [-0.4, -0.2) is 22.4 Å². The zero-order valence-electron chi connectivity index (χ0n) is 10.5. The molecule has 1 aromatic carbocycles. The Bertz CT molecular complexity index is 731. The average Bonchev–Trinajstić information content (AvgIpc) is 2.87. The molecule has 0 atom stereocenters. The number of benzene rings is 1. The van der Waals surface area contributed by atoms with Gasteiger partial charge in [-0.15, -0.1) is 0 Å². The number of hydrogen-bond donors (Lipinski definition) is 1. The van der Waals surface area contributed by atoms with Crippen LogP contribution in [0.5, 0.6) is 0 Å². The minimum atomic E-state index is 0.0749. The molecular formula is C15H13N3O. The quantitative estimate of drug-likeness (QED) is 0.562. The molecule has 0 aliphatic carbocycles. The third-order valence-corrected chi connectivity index (χ3v) is 3.00. The van der Waals surface area contributed by atoms with Gasteiger partial charge in [0.25, 0.3) is 0 Å². The maximum absolute atomic E-state index is 7.84. The first kappa shape index (κ1) is 11.5. The summed E-state index contributed by atoms with van der Waals surface area (Å²) in [7, 11) is 1.48. The average molecular weight is 251 g/mol. The van der Waals surface area contributed by atoms with Crippen LogP contribution in [0.3, 0.4) is 0 Å². The predicted octanol–water partition coefficient (Wildman–Crippen LogP) is 2.97. The summed E-state index contributed by atoms with van der Waals surface area (Å²) in [5.41, 5.74) is 2.44. The van der Waals surface area contributed by atoms with E-state index in [0.29, 0.717) is 5.69 Å². The smallest absolute Gasteiger partial charge is 0.234 e. The third-order valence-electron chi connectivity index (χ3n) is 3.00. The summed E-state index contributed by atoms with van der Waals surface area (Å²) in [4.78, 5) is 4.54. The molecular weight excluding hydrogens is 238 g/mol. The molecule has 3 rings (SSSR count). The molecule has 4 heteroatoms. The number of imidazole rings is 1. The van der Waals surface area contributed by atoms with Crippen molar-refractivity contribution in [2.24, 2.45) is 0 Å². The second kappa shape index (κ2) is 4.57. The lowest BCUT2D eigenvalue weighted by atomic mass is 10.2. The van der Waals surface area contributed by atoms with Crippen molar-refractivity contribution in [3.63, 3.8) is 0 Å². The number of pyridine rings is 1. The molecule has 0 bridgehead atoms. The monoisotopic (exact) mass is 251 g/mol. The highest BCUT2D eigenvalue weighted by molar-refractivity contribution is 5.97. The second-order valence-electron chi connectivity index (χ2n) is 4.14. The van der Waals surface area contributed by atoms with Crippen LogP contribution in [0.15, 0.2) is 54.7 Å². The number of hydrogen-bond acceptors (Lipinski definition) is 3. The first-order chi connectivity index (χ1) is 9.31. The number of fused-ring (bicyclic) bond motifs is 1. The highest BCUT2D eigenvalue weighted by Crippen LogP contribution is 2.22. The maximum atomic E-state index is 7.84. The van der Waals surface area contributed by atoms with Crippen LogP contribution in [0.25, 0.3) is 16.9 Å². The standard InChI is InChI=1S/C15H13N3O/c1-19-14(16)13-12-9-5-6-10-18(12)15(17-13)11-7-3-2-4-8-11/h2-10,16H,1H3. The number of ether oxygens (including phenoxy) is 1. The fraction of sp³-hybridized carbons (Fsp3) is 0.0667. The molecule has 0 radical (unpaired) electrons. The zero-order chi connectivity index (χ0) is 13.2. The SMILES string of the molecule is COC(=N)c1nc(-c2ccccc2)n2ccccc12. The Morgan fingerprint density at radius 3 is 2.58 bits per heavy atom. The fourth-order valence-corrected chi connectivity index (χ4v) is 2.09. The lowest BCUT2D eigenvalue weighted by molar-refractivity contribution is 0.400. The molecule has 0 aliphatic rings. The van der Waals surface area contributed by atoms with E-state index in [1.807, 2.05) is 59.1 Å². The summed E-state index contributed by atoms with van der Waals surface area (Å²) in [5, 5.41) is 7.84. The first-order valence-electron chi connectivity index (χ1n) is 5.96. The van der Waals surface area contributed by atoms with Gasteiger partial charge in [0.2, 0.25) is 5.90 Å². The Kier molecular flexibility index (Phi) is 2.76. The topological polar surface area (TPSA) is 50.4 Å². The van der Waals surface area contributed by atoms with Crippen LogP contribution in [0.4, 0.5) is 0 Å². The van der Waals surface area contributed by atoms with Crippen LogP contribution in [0.2, 0.25) is 0 Å². The lowest BCUT2D eigenvalue weighted by Crippen LogP contribution is -2.02. The first-order valence-corrected chi connectivity index (χ1v) is 5.96. The van der Waals surface area contributed by atoms with Gasteiger partial charge < -0.3 is 4.74 Å². The molecule has 0 unspecified atom stereocenters. The van der Waals surface area contributed by atoms with Crippen LogP contribution in [-0.2, 0) is 4.74 Å². The number of methoxy groups -OCH3 is 1. The Labute approximate surface area is 110 Å². The summed E-state index contributed by atoms with van der Waals surface area (Å²) in [6.07, 6.45) is 1.94. The molecule has 3 aromatic rings.